The van der Waals surface area contributed by atoms with Crippen LogP contribution in [0.5, 0.6) is 0 Å². The van der Waals surface area contributed by atoms with Crippen LogP contribution in [0.1, 0.15) is 22.0 Å². The van der Waals surface area contributed by atoms with E-state index in [0.717, 1.165) is 24.3 Å². The van der Waals surface area contributed by atoms with Crippen LogP contribution in [0.4, 0.5) is 11.6 Å². The zero-order valence-electron chi connectivity index (χ0n) is 15.8. The minimum Gasteiger partial charge on any atom is -0.329 e. The lowest BCUT2D eigenvalue weighted by molar-refractivity contribution is 0.0498. The molecule has 1 unspecified atom stereocenters. The van der Waals surface area contributed by atoms with Gasteiger partial charge in [-0.15, -0.1) is 0 Å². The molecule has 1 aliphatic heterocycles. The molecule has 142 valence electrons. The normalized spacial score (nSPS) is 17.3. The first-order valence-electron chi connectivity index (χ1n) is 9.39. The first kappa shape index (κ1) is 18.1. The highest BCUT2D eigenvalue weighted by atomic mass is 16.2. The summed E-state index contributed by atoms with van der Waals surface area (Å²) in [6, 6.07) is 19.6. The average Bonchev–Trinajstić information content (AvgIpc) is 2.75. The number of piperazine rings is 1. The van der Waals surface area contributed by atoms with E-state index in [-0.39, 0.29) is 11.9 Å². The topological polar surface area (TPSA) is 61.4 Å². The molecule has 4 rings (SSSR count). The van der Waals surface area contributed by atoms with E-state index in [0.29, 0.717) is 18.1 Å². The van der Waals surface area contributed by atoms with Crippen LogP contribution in [-0.2, 0) is 0 Å². The number of amides is 1. The van der Waals surface area contributed by atoms with Gasteiger partial charge in [0, 0.05) is 43.3 Å². The highest BCUT2D eigenvalue weighted by Crippen LogP contribution is 2.27. The fraction of sp³-hybridized carbons (Fsp3) is 0.227. The van der Waals surface area contributed by atoms with Crippen molar-refractivity contribution >= 4 is 17.5 Å². The number of hydrogen-bond acceptors (Lipinski definition) is 5. The van der Waals surface area contributed by atoms with Gasteiger partial charge in [-0.05, 0) is 36.9 Å². The van der Waals surface area contributed by atoms with E-state index in [1.54, 1.807) is 18.5 Å². The monoisotopic (exact) mass is 373 g/mol. The lowest BCUT2D eigenvalue weighted by Crippen LogP contribution is -2.49. The molecule has 1 amide bonds. The predicted molar refractivity (Wildman–Crippen MR) is 109 cm³/mol. The molecule has 6 nitrogen and oxygen atoms in total. The Morgan fingerprint density at radius 2 is 1.79 bits per heavy atom. The molecule has 0 bridgehead atoms. The predicted octanol–water partition coefficient (Wildman–Crippen LogP) is 3.35. The number of likely N-dealkylation sites (N-methyl/N-ethyl adjacent to an activating group) is 1. The van der Waals surface area contributed by atoms with Gasteiger partial charge in [0.2, 0.25) is 5.95 Å². The van der Waals surface area contributed by atoms with Crippen molar-refractivity contribution in [3.8, 4) is 0 Å². The third kappa shape index (κ3) is 4.02. The van der Waals surface area contributed by atoms with Crippen molar-refractivity contribution in [3.63, 3.8) is 0 Å². The standard InChI is InChI=1S/C22H23N5O/c1-26-13-14-27(20(16-26)17-7-3-2-4-8-17)21(28)18-9-5-10-19(15-18)25-22-23-11-6-12-24-22/h2-12,15,20H,13-14,16H2,1H3,(H,23,24,25). The number of anilines is 2. The summed E-state index contributed by atoms with van der Waals surface area (Å²) in [4.78, 5) is 25.9. The number of benzene rings is 2. The van der Waals surface area contributed by atoms with Crippen molar-refractivity contribution in [1.82, 2.24) is 19.8 Å². The summed E-state index contributed by atoms with van der Waals surface area (Å²) in [7, 11) is 2.10. The first-order chi connectivity index (χ1) is 13.7. The van der Waals surface area contributed by atoms with Gasteiger partial charge in [0.25, 0.3) is 5.91 Å². The summed E-state index contributed by atoms with van der Waals surface area (Å²) >= 11 is 0. The third-order valence-corrected chi connectivity index (χ3v) is 4.96. The maximum atomic E-state index is 13.3. The van der Waals surface area contributed by atoms with Crippen LogP contribution in [0.15, 0.2) is 73.1 Å². The van der Waals surface area contributed by atoms with E-state index in [9.17, 15) is 4.79 Å². The molecule has 6 heteroatoms. The van der Waals surface area contributed by atoms with E-state index < -0.39 is 0 Å². The van der Waals surface area contributed by atoms with Crippen molar-refractivity contribution in [3.05, 3.63) is 84.2 Å². The number of hydrogen-bond donors (Lipinski definition) is 1. The maximum absolute atomic E-state index is 13.3. The Hall–Kier alpha value is -3.25. The highest BCUT2D eigenvalue weighted by Gasteiger charge is 2.30. The Bertz CT molecular complexity index is 932. The third-order valence-electron chi connectivity index (χ3n) is 4.96. The van der Waals surface area contributed by atoms with E-state index >= 15 is 0 Å². The smallest absolute Gasteiger partial charge is 0.254 e. The molecule has 0 radical (unpaired) electrons. The first-order valence-corrected chi connectivity index (χ1v) is 9.39. The molecule has 28 heavy (non-hydrogen) atoms. The van der Waals surface area contributed by atoms with Gasteiger partial charge in [-0.2, -0.15) is 0 Å². The molecular weight excluding hydrogens is 350 g/mol. The molecule has 1 N–H and O–H groups in total. The lowest BCUT2D eigenvalue weighted by Gasteiger charge is -2.40. The molecule has 1 aromatic heterocycles. The molecule has 0 aliphatic carbocycles. The number of nitrogens with one attached hydrogen (secondary N) is 1. The van der Waals surface area contributed by atoms with E-state index in [2.05, 4.69) is 39.4 Å². The summed E-state index contributed by atoms with van der Waals surface area (Å²) in [5, 5.41) is 3.15. The highest BCUT2D eigenvalue weighted by molar-refractivity contribution is 5.95. The molecule has 2 aromatic carbocycles. The minimum absolute atomic E-state index is 0.0413. The zero-order valence-corrected chi connectivity index (χ0v) is 15.8. The summed E-state index contributed by atoms with van der Waals surface area (Å²) in [6.07, 6.45) is 3.36. The Kier molecular flexibility index (Phi) is 5.30. The van der Waals surface area contributed by atoms with Gasteiger partial charge in [-0.1, -0.05) is 36.4 Å². The van der Waals surface area contributed by atoms with E-state index in [1.807, 2.05) is 47.4 Å². The number of nitrogens with zero attached hydrogens (tertiary/aromatic N) is 4. The molecule has 1 saturated heterocycles. The summed E-state index contributed by atoms with van der Waals surface area (Å²) < 4.78 is 0. The quantitative estimate of drug-likeness (QED) is 0.760. The Morgan fingerprint density at radius 3 is 2.57 bits per heavy atom. The summed E-state index contributed by atoms with van der Waals surface area (Å²) in [5.74, 6) is 0.549. The van der Waals surface area contributed by atoms with Crippen LogP contribution in [-0.4, -0.2) is 52.4 Å². The molecular formula is C22H23N5O. The van der Waals surface area contributed by atoms with Crippen LogP contribution < -0.4 is 5.32 Å². The summed E-state index contributed by atoms with van der Waals surface area (Å²) in [5.41, 5.74) is 2.61. The average molecular weight is 373 g/mol. The second kappa shape index (κ2) is 8.19. The molecule has 3 aromatic rings. The number of carbonyl (C=O) groups is 1. The van der Waals surface area contributed by atoms with Crippen molar-refractivity contribution < 1.29 is 4.79 Å². The van der Waals surface area contributed by atoms with Gasteiger partial charge in [-0.25, -0.2) is 9.97 Å². The lowest BCUT2D eigenvalue weighted by atomic mass is 10.0. The SMILES string of the molecule is CN1CCN(C(=O)c2cccc(Nc3ncccn3)c2)C(c2ccccc2)C1. The van der Waals surface area contributed by atoms with Gasteiger partial charge in [-0.3, -0.25) is 4.79 Å². The second-order valence-corrected chi connectivity index (χ2v) is 6.97. The van der Waals surface area contributed by atoms with E-state index in [1.165, 1.54) is 0 Å². The van der Waals surface area contributed by atoms with Gasteiger partial charge >= 0.3 is 0 Å². The molecule has 1 atom stereocenters. The van der Waals surface area contributed by atoms with Crippen LogP contribution >= 0.6 is 0 Å². The Labute approximate surface area is 164 Å². The fourth-order valence-electron chi connectivity index (χ4n) is 3.51. The van der Waals surface area contributed by atoms with Crippen LogP contribution in [0.2, 0.25) is 0 Å². The minimum atomic E-state index is 0.0413. The maximum Gasteiger partial charge on any atom is 0.254 e. The van der Waals surface area contributed by atoms with Gasteiger partial charge < -0.3 is 15.1 Å². The van der Waals surface area contributed by atoms with Crippen molar-refractivity contribution in [1.29, 1.82) is 0 Å². The largest absolute Gasteiger partial charge is 0.329 e. The molecule has 1 aliphatic rings. The molecule has 1 fully saturated rings. The number of aromatic nitrogens is 2. The van der Waals surface area contributed by atoms with E-state index in [4.69, 9.17) is 0 Å². The fourth-order valence-corrected chi connectivity index (χ4v) is 3.51. The van der Waals surface area contributed by atoms with Crippen molar-refractivity contribution in [2.24, 2.45) is 0 Å². The number of rotatable bonds is 4. The van der Waals surface area contributed by atoms with Gasteiger partial charge in [0.15, 0.2) is 0 Å². The molecule has 2 heterocycles. The molecule has 0 spiro atoms. The van der Waals surface area contributed by atoms with Gasteiger partial charge in [0.05, 0.1) is 6.04 Å². The van der Waals surface area contributed by atoms with Crippen LogP contribution in [0, 0.1) is 0 Å². The van der Waals surface area contributed by atoms with Crippen LogP contribution in [0.3, 0.4) is 0 Å². The van der Waals surface area contributed by atoms with Gasteiger partial charge in [0.1, 0.15) is 0 Å². The Morgan fingerprint density at radius 1 is 1.00 bits per heavy atom. The zero-order chi connectivity index (χ0) is 19.3. The summed E-state index contributed by atoms with van der Waals surface area (Å²) in [6.45, 7) is 2.39. The second-order valence-electron chi connectivity index (χ2n) is 6.97. The number of carbonyl (C=O) groups excluding carboxylic acids is 1. The van der Waals surface area contributed by atoms with Crippen molar-refractivity contribution in [2.45, 2.75) is 6.04 Å². The molecule has 0 saturated carbocycles. The van der Waals surface area contributed by atoms with Crippen LogP contribution in [0.25, 0.3) is 0 Å². The Balaban J connectivity index is 1.58. The van der Waals surface area contributed by atoms with Crippen molar-refractivity contribution in [2.75, 3.05) is 32.0 Å².